The number of aryl methyl sites for hydroxylation is 2. The van der Waals surface area contributed by atoms with E-state index in [-0.39, 0.29) is 5.91 Å². The van der Waals surface area contributed by atoms with Crippen LogP contribution in [0.25, 0.3) is 16.3 Å². The third kappa shape index (κ3) is 3.32. The van der Waals surface area contributed by atoms with E-state index in [1.165, 1.54) is 5.56 Å². The molecule has 0 fully saturated rings. The highest BCUT2D eigenvalue weighted by atomic mass is 32.1. The van der Waals surface area contributed by atoms with Crippen LogP contribution in [0.1, 0.15) is 16.1 Å². The molecule has 0 spiro atoms. The van der Waals surface area contributed by atoms with E-state index in [0.29, 0.717) is 0 Å². The highest BCUT2D eigenvalue weighted by Crippen LogP contribution is 2.23. The zero-order valence-electron chi connectivity index (χ0n) is 13.4. The van der Waals surface area contributed by atoms with E-state index < -0.39 is 0 Å². The van der Waals surface area contributed by atoms with E-state index in [1.54, 1.807) is 35.4 Å². The van der Waals surface area contributed by atoms with Crippen LogP contribution in [-0.2, 0) is 4.79 Å². The van der Waals surface area contributed by atoms with Crippen molar-refractivity contribution in [3.05, 3.63) is 64.7 Å². The van der Waals surface area contributed by atoms with Crippen LogP contribution in [0.3, 0.4) is 0 Å². The fraction of sp³-hybridized carbons (Fsp3) is 0.158. The fourth-order valence-electron chi connectivity index (χ4n) is 2.52. The summed E-state index contributed by atoms with van der Waals surface area (Å²) in [5.41, 5.74) is 4.17. The molecule has 0 aliphatic heterocycles. The molecule has 0 saturated carbocycles. The summed E-state index contributed by atoms with van der Waals surface area (Å²) in [7, 11) is 1.79. The van der Waals surface area contributed by atoms with Crippen LogP contribution in [-0.4, -0.2) is 17.9 Å². The Morgan fingerprint density at radius 3 is 2.70 bits per heavy atom. The van der Waals surface area contributed by atoms with Gasteiger partial charge in [-0.25, -0.2) is 4.98 Å². The van der Waals surface area contributed by atoms with Gasteiger partial charge in [-0.3, -0.25) is 4.79 Å². The van der Waals surface area contributed by atoms with E-state index in [2.05, 4.69) is 11.1 Å². The van der Waals surface area contributed by atoms with Crippen LogP contribution in [0.5, 0.6) is 0 Å². The number of benzene rings is 2. The fourth-order valence-corrected chi connectivity index (χ4v) is 3.39. The van der Waals surface area contributed by atoms with Crippen molar-refractivity contribution in [2.24, 2.45) is 0 Å². The topological polar surface area (TPSA) is 33.2 Å². The summed E-state index contributed by atoms with van der Waals surface area (Å²) >= 11 is 1.58. The molecule has 0 aliphatic carbocycles. The highest BCUT2D eigenvalue weighted by molar-refractivity contribution is 7.19. The molecule has 3 aromatic rings. The Morgan fingerprint density at radius 1 is 1.17 bits per heavy atom. The number of nitrogens with zero attached hydrogens (tertiary/aromatic N) is 2. The molecular weight excluding hydrogens is 304 g/mol. The first-order valence-corrected chi connectivity index (χ1v) is 8.25. The number of carbonyl (C=O) groups excluding carboxylic acids is 1. The van der Waals surface area contributed by atoms with Crippen LogP contribution in [0.15, 0.2) is 48.5 Å². The number of hydrogen-bond donors (Lipinski definition) is 0. The first-order chi connectivity index (χ1) is 11.0. The minimum absolute atomic E-state index is 0.0591. The van der Waals surface area contributed by atoms with Crippen molar-refractivity contribution in [2.45, 2.75) is 13.8 Å². The van der Waals surface area contributed by atoms with E-state index in [4.69, 9.17) is 0 Å². The van der Waals surface area contributed by atoms with Gasteiger partial charge in [0.1, 0.15) is 5.01 Å². The number of thiazole rings is 1. The van der Waals surface area contributed by atoms with Gasteiger partial charge in [-0.05, 0) is 43.7 Å². The van der Waals surface area contributed by atoms with Gasteiger partial charge in [0.05, 0.1) is 10.2 Å². The van der Waals surface area contributed by atoms with Gasteiger partial charge in [0.25, 0.3) is 5.91 Å². The van der Waals surface area contributed by atoms with E-state index in [1.807, 2.05) is 50.2 Å². The molecule has 0 N–H and O–H groups in total. The Kier molecular flexibility index (Phi) is 4.26. The minimum Gasteiger partial charge on any atom is -0.312 e. The smallest absolute Gasteiger partial charge is 0.250 e. The van der Waals surface area contributed by atoms with Gasteiger partial charge >= 0.3 is 0 Å². The Labute approximate surface area is 139 Å². The van der Waals surface area contributed by atoms with Gasteiger partial charge in [-0.2, -0.15) is 0 Å². The monoisotopic (exact) mass is 322 g/mol. The average Bonchev–Trinajstić information content (AvgIpc) is 2.95. The third-order valence-electron chi connectivity index (χ3n) is 3.72. The molecule has 1 amide bonds. The zero-order chi connectivity index (χ0) is 16.4. The number of likely N-dealkylation sites (N-methyl/N-ethyl adjacent to an activating group) is 1. The number of carbonyl (C=O) groups is 1. The molecule has 0 saturated heterocycles. The summed E-state index contributed by atoms with van der Waals surface area (Å²) in [5, 5.41) is 0.841. The maximum Gasteiger partial charge on any atom is 0.250 e. The second-order valence-corrected chi connectivity index (χ2v) is 6.60. The summed E-state index contributed by atoms with van der Waals surface area (Å²) in [6.45, 7) is 4.06. The first kappa shape index (κ1) is 15.4. The number of anilines is 1. The molecule has 1 heterocycles. The summed E-state index contributed by atoms with van der Waals surface area (Å²) in [4.78, 5) is 18.6. The second-order valence-electron chi connectivity index (χ2n) is 5.54. The van der Waals surface area contributed by atoms with Crippen molar-refractivity contribution in [2.75, 3.05) is 11.9 Å². The number of rotatable bonds is 3. The molecule has 3 nitrogen and oxygen atoms in total. The van der Waals surface area contributed by atoms with Gasteiger partial charge in [0.2, 0.25) is 0 Å². The number of para-hydroxylation sites is 1. The quantitative estimate of drug-likeness (QED) is 0.661. The van der Waals surface area contributed by atoms with Crippen molar-refractivity contribution in [1.29, 1.82) is 0 Å². The number of aromatic nitrogens is 1. The normalized spacial score (nSPS) is 11.3. The minimum atomic E-state index is -0.0591. The molecule has 0 unspecified atom stereocenters. The number of hydrogen-bond acceptors (Lipinski definition) is 3. The molecule has 23 heavy (non-hydrogen) atoms. The highest BCUT2D eigenvalue weighted by Gasteiger charge is 2.10. The molecule has 4 heteroatoms. The SMILES string of the molecule is Cc1ccc(N(C)C(=O)/C=C/c2nc3ccccc3s2)c(C)c1. The van der Waals surface area contributed by atoms with Crippen molar-refractivity contribution in [3.63, 3.8) is 0 Å². The Bertz CT molecular complexity index is 862. The molecule has 0 aliphatic rings. The van der Waals surface area contributed by atoms with Crippen molar-refractivity contribution in [1.82, 2.24) is 4.98 Å². The van der Waals surface area contributed by atoms with E-state index in [9.17, 15) is 4.79 Å². The van der Waals surface area contributed by atoms with Crippen LogP contribution in [0, 0.1) is 13.8 Å². The second kappa shape index (κ2) is 6.34. The first-order valence-electron chi connectivity index (χ1n) is 7.43. The van der Waals surface area contributed by atoms with Crippen LogP contribution < -0.4 is 4.90 Å². The van der Waals surface area contributed by atoms with Crippen molar-refractivity contribution in [3.8, 4) is 0 Å². The van der Waals surface area contributed by atoms with E-state index >= 15 is 0 Å². The average molecular weight is 322 g/mol. The summed E-state index contributed by atoms with van der Waals surface area (Å²) < 4.78 is 1.13. The van der Waals surface area contributed by atoms with E-state index in [0.717, 1.165) is 26.5 Å². The standard InChI is InChI=1S/C19H18N2OS/c1-13-8-9-16(14(2)12-13)21(3)19(22)11-10-18-20-15-6-4-5-7-17(15)23-18/h4-12H,1-3H3/b11-10+. The summed E-state index contributed by atoms with van der Waals surface area (Å²) in [5.74, 6) is -0.0591. The van der Waals surface area contributed by atoms with Crippen molar-refractivity contribution < 1.29 is 4.79 Å². The lowest BCUT2D eigenvalue weighted by atomic mass is 10.1. The molecule has 0 bridgehead atoms. The molecular formula is C19H18N2OS. The maximum absolute atomic E-state index is 12.4. The van der Waals surface area contributed by atoms with Gasteiger partial charge in [0.15, 0.2) is 0 Å². The molecule has 0 atom stereocenters. The predicted octanol–water partition coefficient (Wildman–Crippen LogP) is 4.59. The third-order valence-corrected chi connectivity index (χ3v) is 4.72. The Morgan fingerprint density at radius 2 is 1.96 bits per heavy atom. The van der Waals surface area contributed by atoms with Gasteiger partial charge in [-0.15, -0.1) is 11.3 Å². The van der Waals surface area contributed by atoms with Gasteiger partial charge in [0, 0.05) is 18.8 Å². The van der Waals surface area contributed by atoms with Crippen LogP contribution in [0.4, 0.5) is 5.69 Å². The van der Waals surface area contributed by atoms with Crippen LogP contribution in [0.2, 0.25) is 0 Å². The maximum atomic E-state index is 12.4. The molecule has 1 aromatic heterocycles. The number of amides is 1. The van der Waals surface area contributed by atoms with Gasteiger partial charge in [-0.1, -0.05) is 29.8 Å². The lowest BCUT2D eigenvalue weighted by Crippen LogP contribution is -2.24. The summed E-state index contributed by atoms with van der Waals surface area (Å²) in [6.07, 6.45) is 3.37. The van der Waals surface area contributed by atoms with Crippen LogP contribution >= 0.6 is 11.3 Å². The Balaban J connectivity index is 1.79. The summed E-state index contributed by atoms with van der Waals surface area (Å²) in [6, 6.07) is 14.1. The predicted molar refractivity (Wildman–Crippen MR) is 98.0 cm³/mol. The Hall–Kier alpha value is -2.46. The number of fused-ring (bicyclic) bond motifs is 1. The molecule has 2 aromatic carbocycles. The zero-order valence-corrected chi connectivity index (χ0v) is 14.2. The van der Waals surface area contributed by atoms with Crippen molar-refractivity contribution >= 4 is 39.2 Å². The lowest BCUT2D eigenvalue weighted by molar-refractivity contribution is -0.113. The lowest BCUT2D eigenvalue weighted by Gasteiger charge is -2.18. The molecule has 3 rings (SSSR count). The molecule has 116 valence electrons. The molecule has 0 radical (unpaired) electrons. The largest absolute Gasteiger partial charge is 0.312 e. The van der Waals surface area contributed by atoms with Gasteiger partial charge < -0.3 is 4.90 Å².